The number of rotatable bonds is 12. The summed E-state index contributed by atoms with van der Waals surface area (Å²) in [7, 11) is 1.62. The zero-order valence-electron chi connectivity index (χ0n) is 19.9. The van der Waals surface area contributed by atoms with Crippen molar-refractivity contribution in [3.05, 3.63) is 65.2 Å². The van der Waals surface area contributed by atoms with Crippen molar-refractivity contribution in [3.63, 3.8) is 0 Å². The van der Waals surface area contributed by atoms with Crippen molar-refractivity contribution in [2.75, 3.05) is 19.4 Å². The molecule has 0 bridgehead atoms. The molecule has 5 nitrogen and oxygen atoms in total. The number of aryl methyl sites for hydroxylation is 1. The van der Waals surface area contributed by atoms with Gasteiger partial charge in [-0.3, -0.25) is 9.59 Å². The van der Waals surface area contributed by atoms with E-state index in [4.69, 9.17) is 4.74 Å². The highest BCUT2D eigenvalue weighted by Gasteiger charge is 2.28. The molecule has 0 radical (unpaired) electrons. The number of nitrogens with zero attached hydrogens (tertiary/aromatic N) is 1. The van der Waals surface area contributed by atoms with E-state index in [1.165, 1.54) is 11.1 Å². The lowest BCUT2D eigenvalue weighted by molar-refractivity contribution is -0.139. The fourth-order valence-electron chi connectivity index (χ4n) is 3.33. The van der Waals surface area contributed by atoms with Gasteiger partial charge in [0.2, 0.25) is 11.8 Å². The van der Waals surface area contributed by atoms with Gasteiger partial charge in [0.25, 0.3) is 0 Å². The van der Waals surface area contributed by atoms with E-state index in [1.54, 1.807) is 23.8 Å². The van der Waals surface area contributed by atoms with Crippen LogP contribution >= 0.6 is 11.8 Å². The van der Waals surface area contributed by atoms with E-state index in [1.807, 2.05) is 31.2 Å². The van der Waals surface area contributed by atoms with Gasteiger partial charge in [-0.05, 0) is 42.5 Å². The molecule has 0 saturated heterocycles. The first kappa shape index (κ1) is 25.8. The number of ether oxygens (including phenoxy) is 1. The zero-order chi connectivity index (χ0) is 23.5. The van der Waals surface area contributed by atoms with E-state index in [9.17, 15) is 9.59 Å². The van der Waals surface area contributed by atoms with E-state index in [0.717, 1.165) is 17.1 Å². The van der Waals surface area contributed by atoms with Crippen LogP contribution in [0.25, 0.3) is 0 Å². The molecule has 0 aliphatic rings. The molecule has 0 heterocycles. The Labute approximate surface area is 196 Å². The summed E-state index contributed by atoms with van der Waals surface area (Å²) in [5.41, 5.74) is 3.35. The monoisotopic (exact) mass is 456 g/mol. The number of thioether (sulfide) groups is 1. The van der Waals surface area contributed by atoms with Crippen LogP contribution in [-0.4, -0.2) is 42.2 Å². The van der Waals surface area contributed by atoms with Crippen LogP contribution in [0, 0.1) is 12.8 Å². The van der Waals surface area contributed by atoms with Crippen molar-refractivity contribution in [1.29, 1.82) is 0 Å². The molecule has 0 aliphatic carbocycles. The molecule has 174 valence electrons. The Morgan fingerprint density at radius 1 is 1.09 bits per heavy atom. The summed E-state index contributed by atoms with van der Waals surface area (Å²) in [5.74, 6) is 2.05. The molecule has 0 saturated carbocycles. The summed E-state index contributed by atoms with van der Waals surface area (Å²) in [4.78, 5) is 27.9. The molecular weight excluding hydrogens is 420 g/mol. The topological polar surface area (TPSA) is 58.6 Å². The Morgan fingerprint density at radius 2 is 1.81 bits per heavy atom. The largest absolute Gasteiger partial charge is 0.497 e. The van der Waals surface area contributed by atoms with Crippen LogP contribution in [0.15, 0.2) is 48.5 Å². The van der Waals surface area contributed by atoms with Crippen LogP contribution in [0.1, 0.15) is 43.9 Å². The molecule has 0 aliphatic heterocycles. The molecule has 6 heteroatoms. The number of benzene rings is 2. The molecule has 32 heavy (non-hydrogen) atoms. The maximum absolute atomic E-state index is 13.3. The SMILES string of the molecule is CCC(C(=O)NCC(C)C)N(Cc1cccc(OC)c1)C(=O)CSCc1ccc(C)cc1. The van der Waals surface area contributed by atoms with E-state index >= 15 is 0 Å². The molecule has 0 spiro atoms. The van der Waals surface area contributed by atoms with Crippen molar-refractivity contribution in [2.45, 2.75) is 52.5 Å². The molecule has 0 fully saturated rings. The first-order chi connectivity index (χ1) is 15.3. The quantitative estimate of drug-likeness (QED) is 0.498. The second-order valence-corrected chi connectivity index (χ2v) is 9.40. The normalized spacial score (nSPS) is 11.8. The van der Waals surface area contributed by atoms with Crippen molar-refractivity contribution in [2.24, 2.45) is 5.92 Å². The smallest absolute Gasteiger partial charge is 0.242 e. The van der Waals surface area contributed by atoms with Crippen LogP contribution in [0.4, 0.5) is 0 Å². The van der Waals surface area contributed by atoms with Gasteiger partial charge in [0.05, 0.1) is 12.9 Å². The van der Waals surface area contributed by atoms with Crippen molar-refractivity contribution in [1.82, 2.24) is 10.2 Å². The van der Waals surface area contributed by atoms with Crippen molar-refractivity contribution >= 4 is 23.6 Å². The van der Waals surface area contributed by atoms with Gasteiger partial charge in [-0.1, -0.05) is 62.7 Å². The first-order valence-electron chi connectivity index (χ1n) is 11.2. The number of nitrogens with one attached hydrogen (secondary N) is 1. The van der Waals surface area contributed by atoms with Gasteiger partial charge >= 0.3 is 0 Å². The van der Waals surface area contributed by atoms with Gasteiger partial charge in [-0.15, -0.1) is 11.8 Å². The molecule has 0 aromatic heterocycles. The van der Waals surface area contributed by atoms with Gasteiger partial charge in [-0.25, -0.2) is 0 Å². The minimum atomic E-state index is -0.507. The molecule has 2 aromatic carbocycles. The third-order valence-electron chi connectivity index (χ3n) is 5.17. The highest BCUT2D eigenvalue weighted by Crippen LogP contribution is 2.20. The fourth-order valence-corrected chi connectivity index (χ4v) is 4.20. The Balaban J connectivity index is 2.13. The number of hydrogen-bond donors (Lipinski definition) is 1. The Hall–Kier alpha value is -2.47. The molecule has 2 rings (SSSR count). The van der Waals surface area contributed by atoms with Gasteiger partial charge in [-0.2, -0.15) is 0 Å². The first-order valence-corrected chi connectivity index (χ1v) is 12.3. The molecular formula is C26H36N2O3S. The number of carbonyl (C=O) groups excluding carboxylic acids is 2. The molecule has 1 atom stereocenters. The lowest BCUT2D eigenvalue weighted by atomic mass is 10.1. The van der Waals surface area contributed by atoms with E-state index < -0.39 is 6.04 Å². The number of carbonyl (C=O) groups is 2. The number of amides is 2. The number of methoxy groups -OCH3 is 1. The van der Waals surface area contributed by atoms with E-state index in [-0.39, 0.29) is 11.8 Å². The van der Waals surface area contributed by atoms with Gasteiger partial charge in [0, 0.05) is 18.8 Å². The summed E-state index contributed by atoms with van der Waals surface area (Å²) >= 11 is 1.58. The Kier molecular flexibility index (Phi) is 10.6. The standard InChI is InChI=1S/C26H36N2O3S/c1-6-24(26(30)27-15-19(2)3)28(16-22-8-7-9-23(14-22)31-5)25(29)18-32-17-21-12-10-20(4)11-13-21/h7-14,19,24H,6,15-18H2,1-5H3,(H,27,30). The molecule has 1 N–H and O–H groups in total. The predicted octanol–water partition coefficient (Wildman–Crippen LogP) is 4.82. The lowest BCUT2D eigenvalue weighted by Crippen LogP contribution is -2.50. The van der Waals surface area contributed by atoms with Crippen LogP contribution in [0.5, 0.6) is 5.75 Å². The summed E-state index contributed by atoms with van der Waals surface area (Å²) < 4.78 is 5.33. The Morgan fingerprint density at radius 3 is 2.44 bits per heavy atom. The second-order valence-electron chi connectivity index (χ2n) is 8.41. The average Bonchev–Trinajstić information content (AvgIpc) is 2.78. The molecule has 2 aromatic rings. The third-order valence-corrected chi connectivity index (χ3v) is 6.16. The number of hydrogen-bond acceptors (Lipinski definition) is 4. The zero-order valence-corrected chi connectivity index (χ0v) is 20.7. The summed E-state index contributed by atoms with van der Waals surface area (Å²) in [6.45, 7) is 9.09. The summed E-state index contributed by atoms with van der Waals surface area (Å²) in [6, 6.07) is 15.5. The lowest BCUT2D eigenvalue weighted by Gasteiger charge is -2.31. The van der Waals surface area contributed by atoms with Crippen molar-refractivity contribution < 1.29 is 14.3 Å². The maximum atomic E-state index is 13.3. The summed E-state index contributed by atoms with van der Waals surface area (Å²) in [6.07, 6.45) is 0.558. The average molecular weight is 457 g/mol. The van der Waals surface area contributed by atoms with E-state index in [2.05, 4.69) is 50.4 Å². The highest BCUT2D eigenvalue weighted by molar-refractivity contribution is 7.99. The third kappa shape index (κ3) is 8.23. The molecule has 1 unspecified atom stereocenters. The fraction of sp³-hybridized carbons (Fsp3) is 0.462. The van der Waals surface area contributed by atoms with Gasteiger partial charge < -0.3 is 15.0 Å². The van der Waals surface area contributed by atoms with Crippen LogP contribution in [0.2, 0.25) is 0 Å². The van der Waals surface area contributed by atoms with Gasteiger partial charge in [0.1, 0.15) is 11.8 Å². The highest BCUT2D eigenvalue weighted by atomic mass is 32.2. The minimum absolute atomic E-state index is 0.0310. The Bertz CT molecular complexity index is 868. The second kappa shape index (κ2) is 13.2. The van der Waals surface area contributed by atoms with Gasteiger partial charge in [0.15, 0.2) is 0 Å². The molecule has 2 amide bonds. The van der Waals surface area contributed by atoms with Crippen LogP contribution in [-0.2, 0) is 21.9 Å². The summed E-state index contributed by atoms with van der Waals surface area (Å²) in [5, 5.41) is 3.00. The van der Waals surface area contributed by atoms with Crippen molar-refractivity contribution in [3.8, 4) is 5.75 Å². The predicted molar refractivity (Wildman–Crippen MR) is 133 cm³/mol. The van der Waals surface area contributed by atoms with Crippen LogP contribution < -0.4 is 10.1 Å². The maximum Gasteiger partial charge on any atom is 0.242 e. The van der Waals surface area contributed by atoms with Crippen LogP contribution in [0.3, 0.4) is 0 Å². The minimum Gasteiger partial charge on any atom is -0.497 e. The van der Waals surface area contributed by atoms with E-state index in [0.29, 0.717) is 31.2 Å².